The largest absolute Gasteiger partial charge is 0.338 e. The van der Waals surface area contributed by atoms with Gasteiger partial charge >= 0.3 is 0 Å². The highest BCUT2D eigenvalue weighted by atomic mass is 16.2. The Kier molecular flexibility index (Phi) is 8.02. The van der Waals surface area contributed by atoms with E-state index in [1.54, 1.807) is 0 Å². The Labute approximate surface area is 219 Å². The Morgan fingerprint density at radius 1 is 0.703 bits per heavy atom. The molecule has 0 aliphatic heterocycles. The van der Waals surface area contributed by atoms with Gasteiger partial charge in [0.25, 0.3) is 0 Å². The van der Waals surface area contributed by atoms with Gasteiger partial charge in [0.15, 0.2) is 0 Å². The second kappa shape index (κ2) is 11.8. The van der Waals surface area contributed by atoms with Gasteiger partial charge in [-0.05, 0) is 86.4 Å². The van der Waals surface area contributed by atoms with Crippen LogP contribution in [-0.4, -0.2) is 21.8 Å². The molecule has 0 radical (unpaired) electrons. The number of benzene rings is 2. The molecule has 194 valence electrons. The van der Waals surface area contributed by atoms with E-state index in [4.69, 9.17) is 0 Å². The lowest BCUT2D eigenvalue weighted by atomic mass is 9.82. The van der Waals surface area contributed by atoms with Gasteiger partial charge in [0, 0.05) is 28.8 Å². The smallest absolute Gasteiger partial charge is 0.227 e. The van der Waals surface area contributed by atoms with Gasteiger partial charge in [0.2, 0.25) is 11.8 Å². The predicted molar refractivity (Wildman–Crippen MR) is 149 cm³/mol. The molecule has 2 aliphatic rings. The highest BCUT2D eigenvalue weighted by Gasteiger charge is 2.24. The lowest BCUT2D eigenvalue weighted by Crippen LogP contribution is -2.26. The van der Waals surface area contributed by atoms with E-state index in [2.05, 4.69) is 27.5 Å². The normalized spacial score (nSPS) is 20.7. The minimum atomic E-state index is 0.127. The summed E-state index contributed by atoms with van der Waals surface area (Å²) in [5, 5.41) is 6.18. The van der Waals surface area contributed by atoms with Crippen molar-refractivity contribution in [2.45, 2.75) is 71.1 Å². The van der Waals surface area contributed by atoms with Gasteiger partial charge < -0.3 is 15.6 Å². The van der Waals surface area contributed by atoms with Crippen molar-refractivity contribution in [2.24, 2.45) is 17.8 Å². The molecule has 3 aromatic rings. The van der Waals surface area contributed by atoms with Crippen LogP contribution in [0.25, 0.3) is 22.6 Å². The SMILES string of the molecule is CC1CCC(C(=O)Nc2ccc(-c3cnc(-c4ccc(NC(=O)C5CCCCCC5)cc4)[nH]3)cc2)CC1. The molecule has 2 aromatic carbocycles. The van der Waals surface area contributed by atoms with Crippen LogP contribution in [0, 0.1) is 17.8 Å². The molecule has 0 saturated heterocycles. The van der Waals surface area contributed by atoms with Gasteiger partial charge in [-0.2, -0.15) is 0 Å². The Bertz CT molecular complexity index is 1180. The first-order valence-corrected chi connectivity index (χ1v) is 13.9. The lowest BCUT2D eigenvalue weighted by Gasteiger charge is -2.25. The number of nitrogens with zero attached hydrogens (tertiary/aromatic N) is 1. The van der Waals surface area contributed by atoms with Crippen molar-refractivity contribution in [2.75, 3.05) is 10.6 Å². The van der Waals surface area contributed by atoms with Crippen molar-refractivity contribution in [1.82, 2.24) is 9.97 Å². The van der Waals surface area contributed by atoms with E-state index in [1.165, 1.54) is 12.8 Å². The second-order valence-electron chi connectivity index (χ2n) is 10.9. The number of amides is 2. The van der Waals surface area contributed by atoms with Gasteiger partial charge in [0.05, 0.1) is 11.9 Å². The maximum absolute atomic E-state index is 12.7. The average Bonchev–Trinajstić information content (AvgIpc) is 3.24. The second-order valence-corrected chi connectivity index (χ2v) is 10.9. The Hall–Kier alpha value is -3.41. The van der Waals surface area contributed by atoms with Crippen LogP contribution >= 0.6 is 0 Å². The molecule has 37 heavy (non-hydrogen) atoms. The maximum Gasteiger partial charge on any atom is 0.227 e. The molecule has 2 amide bonds. The Balaban J connectivity index is 1.17. The number of aromatic nitrogens is 2. The molecule has 2 fully saturated rings. The molecular weight excluding hydrogens is 460 g/mol. The molecule has 0 spiro atoms. The first-order valence-electron chi connectivity index (χ1n) is 13.9. The van der Waals surface area contributed by atoms with Gasteiger partial charge in [-0.1, -0.05) is 44.7 Å². The van der Waals surface area contributed by atoms with Crippen molar-refractivity contribution < 1.29 is 9.59 Å². The molecule has 6 nitrogen and oxygen atoms in total. The van der Waals surface area contributed by atoms with Crippen molar-refractivity contribution in [3.8, 4) is 22.6 Å². The number of H-pyrrole nitrogens is 1. The minimum Gasteiger partial charge on any atom is -0.338 e. The predicted octanol–water partition coefficient (Wildman–Crippen LogP) is 7.42. The minimum absolute atomic E-state index is 0.127. The molecule has 0 unspecified atom stereocenters. The molecule has 2 aliphatic carbocycles. The number of nitrogens with one attached hydrogen (secondary N) is 3. The number of carbonyl (C=O) groups excluding carboxylic acids is 2. The van der Waals surface area contributed by atoms with Gasteiger partial charge in [-0.3, -0.25) is 9.59 Å². The highest BCUT2D eigenvalue weighted by molar-refractivity contribution is 5.93. The van der Waals surface area contributed by atoms with Crippen LogP contribution in [-0.2, 0) is 9.59 Å². The van der Waals surface area contributed by atoms with Crippen LogP contribution in [0.3, 0.4) is 0 Å². The van der Waals surface area contributed by atoms with Crippen LogP contribution in [0.4, 0.5) is 11.4 Å². The third-order valence-corrected chi connectivity index (χ3v) is 8.08. The fraction of sp³-hybridized carbons (Fsp3) is 0.452. The quantitative estimate of drug-likeness (QED) is 0.309. The highest BCUT2D eigenvalue weighted by Crippen LogP contribution is 2.30. The van der Waals surface area contributed by atoms with Gasteiger partial charge in [-0.25, -0.2) is 4.98 Å². The molecule has 0 bridgehead atoms. The molecule has 0 atom stereocenters. The fourth-order valence-electron chi connectivity index (χ4n) is 5.61. The molecule has 1 aromatic heterocycles. The Morgan fingerprint density at radius 2 is 1.22 bits per heavy atom. The summed E-state index contributed by atoms with van der Waals surface area (Å²) < 4.78 is 0. The summed E-state index contributed by atoms with van der Waals surface area (Å²) in [6.45, 7) is 2.27. The van der Waals surface area contributed by atoms with E-state index < -0.39 is 0 Å². The van der Waals surface area contributed by atoms with Crippen molar-refractivity contribution in [3.05, 3.63) is 54.7 Å². The summed E-state index contributed by atoms with van der Waals surface area (Å²) >= 11 is 0. The molecule has 3 N–H and O–H groups in total. The van der Waals surface area contributed by atoms with E-state index >= 15 is 0 Å². The first kappa shape index (κ1) is 25.2. The van der Waals surface area contributed by atoms with Crippen LogP contribution in [0.5, 0.6) is 0 Å². The number of hydrogen-bond acceptors (Lipinski definition) is 3. The standard InChI is InChI=1S/C31H38N4O2/c1-21-8-10-25(11-9-21)31(37)34-26-16-12-22(13-17-26)28-20-32-29(35-28)23-14-18-27(19-15-23)33-30(36)24-6-4-2-3-5-7-24/h12-21,24-25H,2-11H2,1H3,(H,32,35)(H,33,36)(H,34,37). The van der Waals surface area contributed by atoms with E-state index in [-0.39, 0.29) is 23.7 Å². The molecule has 2 saturated carbocycles. The summed E-state index contributed by atoms with van der Waals surface area (Å²) in [5.74, 6) is 2.05. The van der Waals surface area contributed by atoms with Crippen LogP contribution in [0.1, 0.15) is 71.1 Å². The van der Waals surface area contributed by atoms with Crippen molar-refractivity contribution >= 4 is 23.2 Å². The number of carbonyl (C=O) groups is 2. The zero-order valence-electron chi connectivity index (χ0n) is 21.8. The number of aromatic amines is 1. The van der Waals surface area contributed by atoms with Crippen molar-refractivity contribution in [1.29, 1.82) is 0 Å². The first-order chi connectivity index (χ1) is 18.0. The zero-order valence-corrected chi connectivity index (χ0v) is 21.8. The maximum atomic E-state index is 12.7. The van der Waals surface area contributed by atoms with E-state index in [0.29, 0.717) is 0 Å². The summed E-state index contributed by atoms with van der Waals surface area (Å²) in [5.41, 5.74) is 4.54. The van der Waals surface area contributed by atoms with Gasteiger partial charge in [-0.15, -0.1) is 0 Å². The number of anilines is 2. The van der Waals surface area contributed by atoms with Crippen LogP contribution < -0.4 is 10.6 Å². The topological polar surface area (TPSA) is 86.9 Å². The molecule has 5 rings (SSSR count). The summed E-state index contributed by atoms with van der Waals surface area (Å²) in [7, 11) is 0. The third kappa shape index (κ3) is 6.48. The molecule has 6 heteroatoms. The number of imidazole rings is 1. The number of hydrogen-bond donors (Lipinski definition) is 3. The third-order valence-electron chi connectivity index (χ3n) is 8.08. The van der Waals surface area contributed by atoms with Crippen LogP contribution in [0.2, 0.25) is 0 Å². The number of rotatable bonds is 6. The van der Waals surface area contributed by atoms with Crippen LogP contribution in [0.15, 0.2) is 54.7 Å². The van der Waals surface area contributed by atoms with Gasteiger partial charge in [0.1, 0.15) is 5.82 Å². The van der Waals surface area contributed by atoms with E-state index in [9.17, 15) is 9.59 Å². The lowest BCUT2D eigenvalue weighted by molar-refractivity contribution is -0.121. The monoisotopic (exact) mass is 498 g/mol. The Morgan fingerprint density at radius 3 is 1.78 bits per heavy atom. The fourth-order valence-corrected chi connectivity index (χ4v) is 5.61. The summed E-state index contributed by atoms with van der Waals surface area (Å²) in [4.78, 5) is 33.2. The van der Waals surface area contributed by atoms with E-state index in [1.807, 2.05) is 54.7 Å². The molecule has 1 heterocycles. The zero-order chi connectivity index (χ0) is 25.6. The average molecular weight is 499 g/mol. The molecular formula is C31H38N4O2. The summed E-state index contributed by atoms with van der Waals surface area (Å²) in [6.07, 6.45) is 12.8. The summed E-state index contributed by atoms with van der Waals surface area (Å²) in [6, 6.07) is 15.7. The van der Waals surface area contributed by atoms with Crippen molar-refractivity contribution in [3.63, 3.8) is 0 Å². The van der Waals surface area contributed by atoms with E-state index in [0.717, 1.165) is 91.3 Å².